The van der Waals surface area contributed by atoms with Crippen molar-refractivity contribution in [2.75, 3.05) is 13.2 Å². The summed E-state index contributed by atoms with van der Waals surface area (Å²) in [6, 6.07) is 0. The molecule has 1 fully saturated rings. The van der Waals surface area contributed by atoms with Gasteiger partial charge in [-0.05, 0) is 6.92 Å². The highest BCUT2D eigenvalue weighted by Crippen LogP contribution is 2.12. The number of rotatable bonds is 6. The van der Waals surface area contributed by atoms with Gasteiger partial charge in [-0.1, -0.05) is 5.21 Å². The van der Waals surface area contributed by atoms with Crippen LogP contribution in [0.5, 0.6) is 0 Å². The second kappa shape index (κ2) is 6.44. The lowest BCUT2D eigenvalue weighted by molar-refractivity contribution is -0.138. The van der Waals surface area contributed by atoms with Gasteiger partial charge in [-0.15, -0.1) is 5.10 Å². The molecule has 114 valence electrons. The SMILES string of the molecule is CCOC(=O)c1nnn(CCN2C(=O)CCC2=O)c1CN. The number of esters is 1. The second-order valence-corrected chi connectivity index (χ2v) is 4.47. The maximum absolute atomic E-state index is 11.7. The lowest BCUT2D eigenvalue weighted by Gasteiger charge is -2.14. The molecule has 21 heavy (non-hydrogen) atoms. The number of nitrogens with two attached hydrogens (primary N) is 1. The van der Waals surface area contributed by atoms with Crippen LogP contribution in [0.15, 0.2) is 0 Å². The average molecular weight is 295 g/mol. The van der Waals surface area contributed by atoms with Crippen LogP contribution in [0.1, 0.15) is 35.9 Å². The van der Waals surface area contributed by atoms with Gasteiger partial charge in [-0.25, -0.2) is 9.48 Å². The monoisotopic (exact) mass is 295 g/mol. The van der Waals surface area contributed by atoms with Gasteiger partial charge in [0.25, 0.3) is 0 Å². The minimum absolute atomic E-state index is 0.0586. The van der Waals surface area contributed by atoms with Gasteiger partial charge in [0.05, 0.1) is 18.8 Å². The Hall–Kier alpha value is -2.29. The summed E-state index contributed by atoms with van der Waals surface area (Å²) >= 11 is 0. The first-order chi connectivity index (χ1) is 10.1. The van der Waals surface area contributed by atoms with E-state index >= 15 is 0 Å². The molecule has 2 N–H and O–H groups in total. The Balaban J connectivity index is 2.08. The van der Waals surface area contributed by atoms with Crippen molar-refractivity contribution >= 4 is 17.8 Å². The van der Waals surface area contributed by atoms with Crippen molar-refractivity contribution in [3.05, 3.63) is 11.4 Å². The molecule has 0 saturated carbocycles. The van der Waals surface area contributed by atoms with Gasteiger partial charge in [-0.3, -0.25) is 14.5 Å². The first kappa shape index (κ1) is 15.1. The standard InChI is InChI=1S/C12H17N5O4/c1-2-21-12(20)11-8(7-13)17(15-14-11)6-5-16-9(18)3-4-10(16)19/h2-7,13H2,1H3. The van der Waals surface area contributed by atoms with Crippen molar-refractivity contribution in [3.63, 3.8) is 0 Å². The van der Waals surface area contributed by atoms with Crippen molar-refractivity contribution < 1.29 is 19.1 Å². The topological polar surface area (TPSA) is 120 Å². The van der Waals surface area contributed by atoms with Crippen LogP contribution in [0.2, 0.25) is 0 Å². The predicted octanol–water partition coefficient (Wildman–Crippen LogP) is -0.937. The zero-order valence-corrected chi connectivity index (χ0v) is 11.7. The van der Waals surface area contributed by atoms with Crippen LogP contribution in [0.4, 0.5) is 0 Å². The summed E-state index contributed by atoms with van der Waals surface area (Å²) in [6.07, 6.45) is 0.488. The summed E-state index contributed by atoms with van der Waals surface area (Å²) in [5, 5.41) is 7.60. The summed E-state index contributed by atoms with van der Waals surface area (Å²) in [6.45, 7) is 2.41. The number of hydrogen-bond acceptors (Lipinski definition) is 7. The molecule has 0 unspecified atom stereocenters. The van der Waals surface area contributed by atoms with E-state index in [4.69, 9.17) is 10.5 Å². The molecule has 9 nitrogen and oxygen atoms in total. The third-order valence-electron chi connectivity index (χ3n) is 3.19. The highest BCUT2D eigenvalue weighted by Gasteiger charge is 2.29. The lowest BCUT2D eigenvalue weighted by atomic mass is 10.3. The van der Waals surface area contributed by atoms with Crippen LogP contribution in [0.3, 0.4) is 0 Å². The molecule has 2 amide bonds. The number of likely N-dealkylation sites (tertiary alicyclic amines) is 1. The molecule has 0 bridgehead atoms. The van der Waals surface area contributed by atoms with Crippen LogP contribution in [0, 0.1) is 0 Å². The highest BCUT2D eigenvalue weighted by atomic mass is 16.5. The molecule has 0 aromatic carbocycles. The number of carbonyl (C=O) groups excluding carboxylic acids is 3. The van der Waals surface area contributed by atoms with Gasteiger partial charge in [0.1, 0.15) is 0 Å². The quantitative estimate of drug-likeness (QED) is 0.531. The molecule has 0 aliphatic carbocycles. The maximum atomic E-state index is 11.7. The summed E-state index contributed by atoms with van der Waals surface area (Å²) in [7, 11) is 0. The van der Waals surface area contributed by atoms with E-state index in [1.54, 1.807) is 6.92 Å². The van der Waals surface area contributed by atoms with E-state index in [1.165, 1.54) is 9.58 Å². The summed E-state index contributed by atoms with van der Waals surface area (Å²) in [5.74, 6) is -0.974. The molecule has 2 heterocycles. The Labute approximate surface area is 121 Å². The fraction of sp³-hybridized carbons (Fsp3) is 0.583. The normalized spacial score (nSPS) is 14.9. The van der Waals surface area contributed by atoms with Crippen molar-refractivity contribution in [2.24, 2.45) is 5.73 Å². The molecule has 1 aromatic rings. The lowest BCUT2D eigenvalue weighted by Crippen LogP contribution is -2.33. The first-order valence-electron chi connectivity index (χ1n) is 6.71. The molecular weight excluding hydrogens is 278 g/mol. The number of aromatic nitrogens is 3. The van der Waals surface area contributed by atoms with Gasteiger partial charge in [0.15, 0.2) is 5.69 Å². The minimum Gasteiger partial charge on any atom is -0.461 e. The molecule has 0 atom stereocenters. The van der Waals surface area contributed by atoms with E-state index in [2.05, 4.69) is 10.3 Å². The van der Waals surface area contributed by atoms with E-state index < -0.39 is 5.97 Å². The predicted molar refractivity (Wildman–Crippen MR) is 69.8 cm³/mol. The van der Waals surface area contributed by atoms with E-state index in [0.717, 1.165) is 0 Å². The van der Waals surface area contributed by atoms with E-state index in [0.29, 0.717) is 5.69 Å². The largest absolute Gasteiger partial charge is 0.461 e. The van der Waals surface area contributed by atoms with Gasteiger partial charge >= 0.3 is 5.97 Å². The van der Waals surface area contributed by atoms with E-state index in [1.807, 2.05) is 0 Å². The fourth-order valence-corrected chi connectivity index (χ4v) is 2.14. The molecular formula is C12H17N5O4. The Morgan fingerprint density at radius 2 is 1.95 bits per heavy atom. The first-order valence-corrected chi connectivity index (χ1v) is 6.71. The number of amides is 2. The van der Waals surface area contributed by atoms with Gasteiger partial charge < -0.3 is 10.5 Å². The number of nitrogens with zero attached hydrogens (tertiary/aromatic N) is 4. The molecule has 0 spiro atoms. The van der Waals surface area contributed by atoms with Crippen LogP contribution in [0.25, 0.3) is 0 Å². The van der Waals surface area contributed by atoms with Gasteiger partial charge in [-0.2, -0.15) is 0 Å². The van der Waals surface area contributed by atoms with Crippen LogP contribution >= 0.6 is 0 Å². The van der Waals surface area contributed by atoms with Crippen LogP contribution < -0.4 is 5.73 Å². The number of imide groups is 1. The molecule has 9 heteroatoms. The van der Waals surface area contributed by atoms with Crippen LogP contribution in [-0.2, 0) is 27.4 Å². The van der Waals surface area contributed by atoms with Gasteiger partial charge in [0, 0.05) is 25.9 Å². The molecule has 0 radical (unpaired) electrons. The zero-order chi connectivity index (χ0) is 15.4. The summed E-state index contributed by atoms with van der Waals surface area (Å²) in [4.78, 5) is 35.9. The third-order valence-corrected chi connectivity index (χ3v) is 3.19. The maximum Gasteiger partial charge on any atom is 0.360 e. The number of ether oxygens (including phenoxy) is 1. The second-order valence-electron chi connectivity index (χ2n) is 4.47. The van der Waals surface area contributed by atoms with Crippen molar-refractivity contribution in [1.82, 2.24) is 19.9 Å². The molecule has 1 aliphatic rings. The molecule has 1 aromatic heterocycles. The average Bonchev–Trinajstić information content (AvgIpc) is 3.01. The Bertz CT molecular complexity index is 552. The summed E-state index contributed by atoms with van der Waals surface area (Å²) in [5.41, 5.74) is 6.10. The van der Waals surface area contributed by atoms with E-state index in [-0.39, 0.29) is 56.6 Å². The van der Waals surface area contributed by atoms with Crippen molar-refractivity contribution in [2.45, 2.75) is 32.9 Å². The molecule has 2 rings (SSSR count). The van der Waals surface area contributed by atoms with Crippen molar-refractivity contribution in [3.8, 4) is 0 Å². The Morgan fingerprint density at radius 1 is 1.29 bits per heavy atom. The van der Waals surface area contributed by atoms with Gasteiger partial charge in [0.2, 0.25) is 11.8 Å². The minimum atomic E-state index is -0.586. The Kier molecular flexibility index (Phi) is 4.63. The molecule has 1 aliphatic heterocycles. The number of hydrogen-bond donors (Lipinski definition) is 1. The number of carbonyl (C=O) groups is 3. The van der Waals surface area contributed by atoms with Crippen molar-refractivity contribution in [1.29, 1.82) is 0 Å². The molecule has 1 saturated heterocycles. The zero-order valence-electron chi connectivity index (χ0n) is 11.7. The fourth-order valence-electron chi connectivity index (χ4n) is 2.14. The third kappa shape index (κ3) is 3.07. The summed E-state index contributed by atoms with van der Waals surface area (Å²) < 4.78 is 6.29. The van der Waals surface area contributed by atoms with Crippen LogP contribution in [-0.4, -0.2) is 50.8 Å². The smallest absolute Gasteiger partial charge is 0.360 e. The Morgan fingerprint density at radius 3 is 2.52 bits per heavy atom. The van der Waals surface area contributed by atoms with E-state index in [9.17, 15) is 14.4 Å². The highest BCUT2D eigenvalue weighted by molar-refractivity contribution is 6.01.